The molecule has 1 aliphatic rings. The third kappa shape index (κ3) is 5.43. The third-order valence-corrected chi connectivity index (χ3v) is 5.25. The van der Waals surface area contributed by atoms with Crippen molar-refractivity contribution in [2.24, 2.45) is 0 Å². The number of benzene rings is 2. The van der Waals surface area contributed by atoms with E-state index in [1.807, 2.05) is 24.3 Å². The zero-order chi connectivity index (χ0) is 18.4. The molecule has 1 atom stereocenters. The molecular weight excluding hydrogens is 412 g/mol. The number of hydrogen-bond donors (Lipinski definition) is 1. The Labute approximate surface area is 168 Å². The van der Waals surface area contributed by atoms with Crippen LogP contribution in [0.1, 0.15) is 18.4 Å². The van der Waals surface area contributed by atoms with Gasteiger partial charge in [-0.25, -0.2) is 0 Å². The number of halogens is 1. The lowest BCUT2D eigenvalue weighted by Crippen LogP contribution is -2.39. The molecule has 0 aliphatic carbocycles. The quantitative estimate of drug-likeness (QED) is 0.657. The zero-order valence-electron chi connectivity index (χ0n) is 14.8. The number of hydrogen-bond acceptors (Lipinski definition) is 3. The second-order valence-corrected chi connectivity index (χ2v) is 7.60. The maximum atomic E-state index is 5.82. The van der Waals surface area contributed by atoms with Crippen molar-refractivity contribution in [1.29, 1.82) is 0 Å². The van der Waals surface area contributed by atoms with Crippen LogP contribution in [0.3, 0.4) is 0 Å². The van der Waals surface area contributed by atoms with Gasteiger partial charge in [-0.05, 0) is 67.0 Å². The molecular formula is C20H23BrN2O2S. The Kier molecular flexibility index (Phi) is 6.88. The van der Waals surface area contributed by atoms with Crippen molar-refractivity contribution in [3.05, 3.63) is 58.6 Å². The highest BCUT2D eigenvalue weighted by atomic mass is 79.9. The molecule has 0 spiro atoms. The summed E-state index contributed by atoms with van der Waals surface area (Å²) in [5.74, 6) is 0.826. The molecule has 1 N–H and O–H groups in total. The summed E-state index contributed by atoms with van der Waals surface area (Å²) < 4.78 is 12.1. The maximum Gasteiger partial charge on any atom is 0.173 e. The highest BCUT2D eigenvalue weighted by Gasteiger charge is 2.21. The highest BCUT2D eigenvalue weighted by Crippen LogP contribution is 2.19. The molecule has 1 heterocycles. The van der Waals surface area contributed by atoms with Crippen molar-refractivity contribution in [3.63, 3.8) is 0 Å². The van der Waals surface area contributed by atoms with Crippen molar-refractivity contribution in [2.75, 3.05) is 25.6 Å². The van der Waals surface area contributed by atoms with Gasteiger partial charge in [-0.2, -0.15) is 0 Å². The van der Waals surface area contributed by atoms with Crippen LogP contribution in [0.4, 0.5) is 5.69 Å². The van der Waals surface area contributed by atoms with Crippen LogP contribution in [0, 0.1) is 0 Å². The predicted molar refractivity (Wildman–Crippen MR) is 113 cm³/mol. The average molecular weight is 435 g/mol. The van der Waals surface area contributed by atoms with Gasteiger partial charge in [0, 0.05) is 29.9 Å². The van der Waals surface area contributed by atoms with Crippen molar-refractivity contribution >= 4 is 38.9 Å². The second-order valence-electron chi connectivity index (χ2n) is 6.30. The van der Waals surface area contributed by atoms with Gasteiger partial charge in [0.2, 0.25) is 0 Å². The van der Waals surface area contributed by atoms with Gasteiger partial charge in [0.25, 0.3) is 0 Å². The van der Waals surface area contributed by atoms with E-state index in [1.54, 1.807) is 7.11 Å². The summed E-state index contributed by atoms with van der Waals surface area (Å²) in [4.78, 5) is 2.18. The summed E-state index contributed by atoms with van der Waals surface area (Å²) in [5.41, 5.74) is 2.16. The van der Waals surface area contributed by atoms with Gasteiger partial charge in [0.05, 0.1) is 13.2 Å². The first-order valence-electron chi connectivity index (χ1n) is 8.70. The first-order valence-corrected chi connectivity index (χ1v) is 9.90. The standard InChI is InChI=1S/C20H23BrN2O2S/c1-24-18-10-8-17(9-11-18)22-20(26)23(14-19-3-2-12-25-19)13-15-4-6-16(21)7-5-15/h4-11,19H,2-3,12-14H2,1H3,(H,22,26). The van der Waals surface area contributed by atoms with E-state index < -0.39 is 0 Å². The van der Waals surface area contributed by atoms with Crippen molar-refractivity contribution in [2.45, 2.75) is 25.5 Å². The first kappa shape index (κ1) is 19.1. The molecule has 1 aliphatic heterocycles. The number of nitrogens with one attached hydrogen (secondary N) is 1. The molecule has 0 aromatic heterocycles. The minimum Gasteiger partial charge on any atom is -0.497 e. The first-order chi connectivity index (χ1) is 12.6. The van der Waals surface area contributed by atoms with Gasteiger partial charge in [0.1, 0.15) is 5.75 Å². The summed E-state index contributed by atoms with van der Waals surface area (Å²) in [6.45, 7) is 2.38. The van der Waals surface area contributed by atoms with Crippen LogP contribution in [-0.4, -0.2) is 36.4 Å². The van der Waals surface area contributed by atoms with Gasteiger partial charge >= 0.3 is 0 Å². The maximum absolute atomic E-state index is 5.82. The molecule has 1 saturated heterocycles. The molecule has 1 fully saturated rings. The fourth-order valence-electron chi connectivity index (χ4n) is 2.94. The molecule has 6 heteroatoms. The highest BCUT2D eigenvalue weighted by molar-refractivity contribution is 9.10. The van der Waals surface area contributed by atoms with Crippen LogP contribution >= 0.6 is 28.1 Å². The van der Waals surface area contributed by atoms with Gasteiger partial charge in [-0.3, -0.25) is 0 Å². The monoisotopic (exact) mass is 434 g/mol. The van der Waals surface area contributed by atoms with Gasteiger partial charge in [-0.1, -0.05) is 28.1 Å². The van der Waals surface area contributed by atoms with Gasteiger partial charge in [0.15, 0.2) is 5.11 Å². The number of rotatable bonds is 6. The van der Waals surface area contributed by atoms with Crippen molar-refractivity contribution < 1.29 is 9.47 Å². The SMILES string of the molecule is COc1ccc(NC(=S)N(Cc2ccc(Br)cc2)CC2CCCO2)cc1. The number of ether oxygens (including phenoxy) is 2. The molecule has 26 heavy (non-hydrogen) atoms. The Bertz CT molecular complexity index is 716. The van der Waals surface area contributed by atoms with E-state index in [0.29, 0.717) is 5.11 Å². The number of nitrogens with zero attached hydrogens (tertiary/aromatic N) is 1. The molecule has 2 aromatic rings. The number of anilines is 1. The summed E-state index contributed by atoms with van der Waals surface area (Å²) in [6, 6.07) is 16.1. The Morgan fingerprint density at radius 2 is 1.96 bits per heavy atom. The molecule has 1 unspecified atom stereocenters. The summed E-state index contributed by atoms with van der Waals surface area (Å²) >= 11 is 9.18. The van der Waals surface area contributed by atoms with E-state index in [-0.39, 0.29) is 6.10 Å². The molecule has 3 rings (SSSR count). The largest absolute Gasteiger partial charge is 0.497 e. The topological polar surface area (TPSA) is 33.7 Å². The molecule has 0 bridgehead atoms. The van der Waals surface area contributed by atoms with Crippen LogP contribution in [0.5, 0.6) is 5.75 Å². The van der Waals surface area contributed by atoms with Crippen LogP contribution in [0.2, 0.25) is 0 Å². The fraction of sp³-hybridized carbons (Fsp3) is 0.350. The minimum atomic E-state index is 0.237. The van der Waals surface area contributed by atoms with E-state index in [4.69, 9.17) is 21.7 Å². The number of methoxy groups -OCH3 is 1. The Balaban J connectivity index is 1.69. The average Bonchev–Trinajstić information content (AvgIpc) is 3.17. The fourth-order valence-corrected chi connectivity index (χ4v) is 3.46. The molecule has 0 amide bonds. The predicted octanol–water partition coefficient (Wildman–Crippen LogP) is 4.84. The van der Waals surface area contributed by atoms with E-state index in [2.05, 4.69) is 50.4 Å². The lowest BCUT2D eigenvalue weighted by Gasteiger charge is -2.28. The Hall–Kier alpha value is -1.63. The van der Waals surface area contributed by atoms with Crippen LogP contribution in [0.25, 0.3) is 0 Å². The third-order valence-electron chi connectivity index (χ3n) is 4.36. The van der Waals surface area contributed by atoms with Crippen molar-refractivity contribution in [1.82, 2.24) is 4.90 Å². The summed E-state index contributed by atoms with van der Waals surface area (Å²) in [7, 11) is 1.66. The van der Waals surface area contributed by atoms with E-state index in [1.165, 1.54) is 5.56 Å². The van der Waals surface area contributed by atoms with Crippen molar-refractivity contribution in [3.8, 4) is 5.75 Å². The van der Waals surface area contributed by atoms with Gasteiger partial charge < -0.3 is 19.7 Å². The van der Waals surface area contributed by atoms with Crippen LogP contribution in [-0.2, 0) is 11.3 Å². The number of thiocarbonyl (C=S) groups is 1. The summed E-state index contributed by atoms with van der Waals surface area (Å²) in [5, 5.41) is 4.04. The molecule has 2 aromatic carbocycles. The lowest BCUT2D eigenvalue weighted by molar-refractivity contribution is 0.0905. The minimum absolute atomic E-state index is 0.237. The van der Waals surface area contributed by atoms with Gasteiger partial charge in [-0.15, -0.1) is 0 Å². The summed E-state index contributed by atoms with van der Waals surface area (Å²) in [6.07, 6.45) is 2.44. The molecule has 4 nitrogen and oxygen atoms in total. The van der Waals surface area contributed by atoms with E-state index in [9.17, 15) is 0 Å². The second kappa shape index (κ2) is 9.35. The van der Waals surface area contributed by atoms with E-state index >= 15 is 0 Å². The Morgan fingerprint density at radius 3 is 2.58 bits per heavy atom. The normalized spacial score (nSPS) is 16.3. The van der Waals surface area contributed by atoms with Crippen LogP contribution < -0.4 is 10.1 Å². The Morgan fingerprint density at radius 1 is 1.23 bits per heavy atom. The molecule has 138 valence electrons. The molecule has 0 saturated carbocycles. The van der Waals surface area contributed by atoms with E-state index in [0.717, 1.165) is 48.4 Å². The lowest BCUT2D eigenvalue weighted by atomic mass is 10.2. The zero-order valence-corrected chi connectivity index (χ0v) is 17.2. The smallest absolute Gasteiger partial charge is 0.173 e. The molecule has 0 radical (unpaired) electrons. The van der Waals surface area contributed by atoms with Crippen LogP contribution in [0.15, 0.2) is 53.0 Å².